The standard InChI is InChI=1S/C47H74N2O2/c1-12-18-22-37(16-5)30-49(31-38(17-6)23-19-13-2)42-29-40(45(48-42)43-33(8)26-32(7)27-34(43)9)28-41-35(10)36(11)46(50)44(47(41)51)39(24-20-14-3)25-21-15-4/h26-29,37-39,48,50-51H,10,12-25,30-31H2,1-9,11H3/b41-28-. The van der Waals surface area contributed by atoms with Crippen LogP contribution in [-0.2, 0) is 0 Å². The number of aromatic hydroxyl groups is 2. The molecule has 0 amide bonds. The molecule has 0 aliphatic heterocycles. The predicted molar refractivity (Wildman–Crippen MR) is 224 cm³/mol. The summed E-state index contributed by atoms with van der Waals surface area (Å²) in [5.74, 6) is 2.95. The smallest absolute Gasteiger partial charge is 0.130 e. The van der Waals surface area contributed by atoms with E-state index in [1.165, 1.54) is 73.6 Å². The Morgan fingerprint density at radius 2 is 1.20 bits per heavy atom. The van der Waals surface area contributed by atoms with Crippen molar-refractivity contribution in [3.05, 3.63) is 62.0 Å². The van der Waals surface area contributed by atoms with E-state index in [-0.39, 0.29) is 17.4 Å². The van der Waals surface area contributed by atoms with E-state index in [1.54, 1.807) is 0 Å². The van der Waals surface area contributed by atoms with Gasteiger partial charge in [-0.25, -0.2) is 0 Å². The van der Waals surface area contributed by atoms with Gasteiger partial charge in [0, 0.05) is 35.0 Å². The first-order valence-electron chi connectivity index (χ1n) is 20.8. The number of nitrogens with one attached hydrogen (secondary N) is 1. The molecule has 0 radical (unpaired) electrons. The Morgan fingerprint density at radius 3 is 1.67 bits per heavy atom. The van der Waals surface area contributed by atoms with Crippen LogP contribution in [0.3, 0.4) is 0 Å². The van der Waals surface area contributed by atoms with Crippen LogP contribution in [0.4, 0.5) is 5.82 Å². The number of rotatable bonds is 22. The van der Waals surface area contributed by atoms with E-state index < -0.39 is 0 Å². The molecule has 1 aromatic heterocycles. The molecule has 0 spiro atoms. The molecule has 0 aliphatic rings. The highest BCUT2D eigenvalue weighted by molar-refractivity contribution is 5.80. The molecule has 0 aliphatic carbocycles. The Labute approximate surface area is 312 Å². The predicted octanol–water partition coefficient (Wildman–Crippen LogP) is 12.3. The maximum absolute atomic E-state index is 12.1. The number of aryl methyl sites for hydroxylation is 3. The molecular weight excluding hydrogens is 625 g/mol. The zero-order valence-corrected chi connectivity index (χ0v) is 34.4. The van der Waals surface area contributed by atoms with Crippen molar-refractivity contribution in [3.8, 4) is 22.8 Å². The van der Waals surface area contributed by atoms with E-state index >= 15 is 0 Å². The Kier molecular flexibility index (Phi) is 17.2. The third-order valence-electron chi connectivity index (χ3n) is 11.6. The topological polar surface area (TPSA) is 59.5 Å². The highest BCUT2D eigenvalue weighted by Crippen LogP contribution is 2.40. The van der Waals surface area contributed by atoms with Crippen LogP contribution in [0, 0.1) is 39.5 Å². The van der Waals surface area contributed by atoms with Crippen molar-refractivity contribution in [1.82, 2.24) is 4.98 Å². The van der Waals surface area contributed by atoms with Crippen molar-refractivity contribution in [2.24, 2.45) is 11.8 Å². The van der Waals surface area contributed by atoms with E-state index in [1.807, 2.05) is 6.92 Å². The summed E-state index contributed by atoms with van der Waals surface area (Å²) in [4.78, 5) is 6.64. The number of nitrogens with zero attached hydrogens (tertiary/aromatic N) is 1. The molecule has 2 unspecified atom stereocenters. The van der Waals surface area contributed by atoms with E-state index in [2.05, 4.69) is 103 Å². The van der Waals surface area contributed by atoms with Crippen molar-refractivity contribution in [3.63, 3.8) is 0 Å². The van der Waals surface area contributed by atoms with Crippen molar-refractivity contribution >= 4 is 18.5 Å². The Balaban J connectivity index is 2.37. The fraction of sp³-hybridized carbons (Fsp3) is 0.617. The lowest BCUT2D eigenvalue weighted by atomic mass is 9.85. The third kappa shape index (κ3) is 10.9. The lowest BCUT2D eigenvalue weighted by molar-refractivity contribution is 0.402. The molecule has 0 saturated carbocycles. The minimum Gasteiger partial charge on any atom is -0.507 e. The monoisotopic (exact) mass is 699 g/mol. The summed E-state index contributed by atoms with van der Waals surface area (Å²) in [6.45, 7) is 28.8. The maximum Gasteiger partial charge on any atom is 0.130 e. The normalized spacial score (nSPS) is 13.4. The van der Waals surface area contributed by atoms with Crippen LogP contribution < -0.4 is 15.3 Å². The molecule has 2 atom stereocenters. The first-order chi connectivity index (χ1) is 24.4. The maximum atomic E-state index is 12.1. The van der Waals surface area contributed by atoms with Gasteiger partial charge in [0.1, 0.15) is 17.3 Å². The molecule has 284 valence electrons. The molecule has 3 aromatic rings. The number of aromatic nitrogens is 1. The summed E-state index contributed by atoms with van der Waals surface area (Å²) in [6, 6.07) is 6.89. The van der Waals surface area contributed by atoms with Gasteiger partial charge in [0.25, 0.3) is 0 Å². The molecular formula is C47H74N2O2. The molecule has 4 nitrogen and oxygen atoms in total. The number of anilines is 1. The molecule has 0 bridgehead atoms. The van der Waals surface area contributed by atoms with Crippen LogP contribution in [0.1, 0.15) is 171 Å². The van der Waals surface area contributed by atoms with Gasteiger partial charge in [-0.2, -0.15) is 0 Å². The molecule has 0 saturated heterocycles. The average molecular weight is 699 g/mol. The first-order valence-corrected chi connectivity index (χ1v) is 20.8. The first kappa shape index (κ1) is 42.3. The minimum absolute atomic E-state index is 0.109. The summed E-state index contributed by atoms with van der Waals surface area (Å²) < 4.78 is 0. The van der Waals surface area contributed by atoms with Gasteiger partial charge < -0.3 is 20.1 Å². The summed E-state index contributed by atoms with van der Waals surface area (Å²) in [5, 5.41) is 25.1. The molecule has 1 heterocycles. The second-order valence-corrected chi connectivity index (χ2v) is 15.8. The van der Waals surface area contributed by atoms with Gasteiger partial charge in [0.05, 0.1) is 5.69 Å². The quantitative estimate of drug-likeness (QED) is 0.0979. The fourth-order valence-electron chi connectivity index (χ4n) is 8.23. The zero-order valence-electron chi connectivity index (χ0n) is 34.4. The second-order valence-electron chi connectivity index (χ2n) is 15.8. The number of hydrogen-bond acceptors (Lipinski definition) is 3. The number of aromatic amines is 1. The Morgan fingerprint density at radius 1 is 0.706 bits per heavy atom. The molecule has 3 rings (SSSR count). The minimum atomic E-state index is 0.109. The van der Waals surface area contributed by atoms with E-state index in [4.69, 9.17) is 0 Å². The van der Waals surface area contributed by atoms with E-state index in [0.29, 0.717) is 22.6 Å². The van der Waals surface area contributed by atoms with Gasteiger partial charge in [-0.3, -0.25) is 0 Å². The average Bonchev–Trinajstić information content (AvgIpc) is 3.51. The number of benzene rings is 2. The van der Waals surface area contributed by atoms with Gasteiger partial charge in [-0.1, -0.05) is 130 Å². The van der Waals surface area contributed by atoms with Crippen molar-refractivity contribution < 1.29 is 10.2 Å². The van der Waals surface area contributed by atoms with Crippen molar-refractivity contribution in [1.29, 1.82) is 0 Å². The third-order valence-corrected chi connectivity index (χ3v) is 11.6. The SMILES string of the molecule is C=c1c(C)c(O)c(C(CCCC)CCCC)c(O)/c1=C\c1cc(N(CC(CC)CCCC)CC(CC)CCCC)[nH]c1-c1c(C)cc(C)cc1C. The van der Waals surface area contributed by atoms with Gasteiger partial charge in [0.2, 0.25) is 0 Å². The van der Waals surface area contributed by atoms with Crippen LogP contribution in [0.15, 0.2) is 18.2 Å². The van der Waals surface area contributed by atoms with Crippen LogP contribution >= 0.6 is 0 Å². The summed E-state index contributed by atoms with van der Waals surface area (Å²) in [5.41, 5.74) is 8.58. The van der Waals surface area contributed by atoms with Crippen LogP contribution in [-0.4, -0.2) is 28.3 Å². The molecule has 2 aromatic carbocycles. The van der Waals surface area contributed by atoms with Gasteiger partial charge >= 0.3 is 0 Å². The number of H-pyrrole nitrogens is 1. The summed E-state index contributed by atoms with van der Waals surface area (Å²) in [7, 11) is 0. The fourth-order valence-corrected chi connectivity index (χ4v) is 8.23. The van der Waals surface area contributed by atoms with Gasteiger partial charge in [0.15, 0.2) is 0 Å². The Bertz CT molecular complexity index is 1580. The zero-order chi connectivity index (χ0) is 37.7. The van der Waals surface area contributed by atoms with Crippen LogP contribution in [0.25, 0.3) is 23.9 Å². The van der Waals surface area contributed by atoms with E-state index in [0.717, 1.165) is 79.5 Å². The largest absolute Gasteiger partial charge is 0.507 e. The van der Waals surface area contributed by atoms with E-state index in [9.17, 15) is 10.2 Å². The second kappa shape index (κ2) is 20.8. The number of phenols is 2. The van der Waals surface area contributed by atoms with Gasteiger partial charge in [-0.05, 0) is 105 Å². The van der Waals surface area contributed by atoms with Crippen molar-refractivity contribution in [2.75, 3.05) is 18.0 Å². The van der Waals surface area contributed by atoms with Crippen LogP contribution in [0.5, 0.6) is 11.5 Å². The number of hydrogen-bond donors (Lipinski definition) is 3. The number of unbranched alkanes of at least 4 members (excludes halogenated alkanes) is 4. The molecule has 3 N–H and O–H groups in total. The lowest BCUT2D eigenvalue weighted by Crippen LogP contribution is -2.34. The lowest BCUT2D eigenvalue weighted by Gasteiger charge is -2.31. The highest BCUT2D eigenvalue weighted by Gasteiger charge is 2.25. The number of phenolic OH excluding ortho intramolecular Hbond substituents is 2. The van der Waals surface area contributed by atoms with Crippen molar-refractivity contribution in [2.45, 2.75) is 165 Å². The molecule has 4 heteroatoms. The highest BCUT2D eigenvalue weighted by atomic mass is 16.3. The summed E-state index contributed by atoms with van der Waals surface area (Å²) in [6.07, 6.45) is 18.2. The Hall–Kier alpha value is -3.14. The summed E-state index contributed by atoms with van der Waals surface area (Å²) >= 11 is 0. The van der Waals surface area contributed by atoms with Crippen LogP contribution in [0.2, 0.25) is 0 Å². The molecule has 51 heavy (non-hydrogen) atoms. The molecule has 0 fully saturated rings. The van der Waals surface area contributed by atoms with Gasteiger partial charge in [-0.15, -0.1) is 0 Å².